The zero-order valence-electron chi connectivity index (χ0n) is 84.4. The lowest BCUT2D eigenvalue weighted by Crippen LogP contribution is -2.47. The molecule has 20 rings (SSSR count). The predicted octanol–water partition coefficient (Wildman–Crippen LogP) is 22.3. The number of carbonyl (C=O) groups is 4. The maximum absolute atomic E-state index is 13.5. The molecule has 0 spiro atoms. The Morgan fingerprint density at radius 1 is 0.299 bits per heavy atom. The van der Waals surface area contributed by atoms with Crippen LogP contribution in [0.2, 0.25) is 0 Å². The summed E-state index contributed by atoms with van der Waals surface area (Å²) in [6.45, 7) is 33.6. The second-order valence-corrected chi connectivity index (χ2v) is 37.9. The van der Waals surface area contributed by atoms with Gasteiger partial charge >= 0.3 is 0 Å². The fourth-order valence-corrected chi connectivity index (χ4v) is 17.9. The van der Waals surface area contributed by atoms with Crippen LogP contribution >= 0.6 is 0 Å². The van der Waals surface area contributed by atoms with Crippen molar-refractivity contribution in [1.29, 1.82) is 0 Å². The third-order valence-corrected chi connectivity index (χ3v) is 26.6. The highest BCUT2D eigenvalue weighted by atomic mass is 16.5. The SMILES string of the molecule is COCCN1CCN(c2cc(NC(=O)c3ccc(C)c(Oc4ccccc4)c3)cc(-n3ccc(C)c3)c2)CC1.Cc1ccc(C(=O)Nc2cc(N3CCN(C)CC3)cc(-n3ccc(C)c3)c2)cc1.Cc1ccn(-c2cc(NC(=O)c3ccc(C)c(Oc4cccc5ccncc45)c3)cc(N3CCN(C)CC3)c2)c1.Cc1ccn(-c2cc(NC(=O)c3ccc(C)c(Oc4ccccc4)c3)cc(N3CCN(C)CC3)c2)c1. The molecule has 0 bridgehead atoms. The molecule has 9 heterocycles. The van der Waals surface area contributed by atoms with Crippen LogP contribution in [0.4, 0.5) is 45.5 Å². The van der Waals surface area contributed by atoms with Gasteiger partial charge in [0.25, 0.3) is 23.6 Å². The fourth-order valence-electron chi connectivity index (χ4n) is 17.9. The van der Waals surface area contributed by atoms with E-state index in [1.165, 1.54) is 22.3 Å². The monoisotopic (exact) mass is 1920 g/mol. The van der Waals surface area contributed by atoms with Crippen molar-refractivity contribution in [2.24, 2.45) is 0 Å². The van der Waals surface area contributed by atoms with Gasteiger partial charge in [-0.2, -0.15) is 0 Å². The average Bonchev–Trinajstić information content (AvgIpc) is 1.67. The van der Waals surface area contributed by atoms with E-state index in [9.17, 15) is 19.2 Å². The first kappa shape index (κ1) is 99.8. The van der Waals surface area contributed by atoms with Crippen molar-refractivity contribution in [1.82, 2.24) is 42.9 Å². The van der Waals surface area contributed by atoms with Gasteiger partial charge < -0.3 is 92.8 Å². The van der Waals surface area contributed by atoms with Gasteiger partial charge in [-0.15, -0.1) is 0 Å². The van der Waals surface area contributed by atoms with E-state index in [0.717, 1.165) is 231 Å². The number of nitrogens with one attached hydrogen (secondary N) is 4. The maximum atomic E-state index is 13.5. The Hall–Kier alpha value is -15.8. The lowest BCUT2D eigenvalue weighted by molar-refractivity contribution is 0.101. The molecule has 25 heteroatoms. The molecule has 16 aromatic rings. The number of piperazine rings is 4. The summed E-state index contributed by atoms with van der Waals surface area (Å²) >= 11 is 0. The van der Waals surface area contributed by atoms with E-state index in [1.807, 2.05) is 198 Å². The Morgan fingerprint density at radius 2 is 0.618 bits per heavy atom. The van der Waals surface area contributed by atoms with E-state index >= 15 is 0 Å². The number of pyridine rings is 1. The number of methoxy groups -OCH3 is 1. The molecule has 0 saturated carbocycles. The van der Waals surface area contributed by atoms with Crippen LogP contribution in [-0.2, 0) is 4.74 Å². The molecule has 4 aliphatic rings. The van der Waals surface area contributed by atoms with Crippen LogP contribution in [0.25, 0.3) is 33.5 Å². The predicted molar refractivity (Wildman–Crippen MR) is 583 cm³/mol. The van der Waals surface area contributed by atoms with E-state index in [-0.39, 0.29) is 23.6 Å². The summed E-state index contributed by atoms with van der Waals surface area (Å²) in [4.78, 5) is 76.3. The Bertz CT molecular complexity index is 7110. The minimum Gasteiger partial charge on any atom is -0.457 e. The topological polar surface area (TPSA) is 212 Å². The van der Waals surface area contributed by atoms with E-state index in [2.05, 4.69) is 255 Å². The largest absolute Gasteiger partial charge is 0.457 e. The Morgan fingerprint density at radius 3 is 0.951 bits per heavy atom. The minimum absolute atomic E-state index is 0.0878. The number of para-hydroxylation sites is 2. The first-order valence-electron chi connectivity index (χ1n) is 49.4. The Kier molecular flexibility index (Phi) is 32.4. The summed E-state index contributed by atoms with van der Waals surface area (Å²) in [5.41, 5.74) is 22.7. The number of aromatic nitrogens is 5. The zero-order valence-corrected chi connectivity index (χ0v) is 84.4. The van der Waals surface area contributed by atoms with E-state index < -0.39 is 0 Å². The van der Waals surface area contributed by atoms with Crippen molar-refractivity contribution in [2.75, 3.05) is 187 Å². The molecule has 4 fully saturated rings. The number of aryl methyl sites for hydroxylation is 8. The van der Waals surface area contributed by atoms with Crippen molar-refractivity contribution in [3.8, 4) is 57.2 Å². The molecule has 5 aromatic heterocycles. The summed E-state index contributed by atoms with van der Waals surface area (Å²) in [5.74, 6) is 3.54. The molecule has 4 saturated heterocycles. The van der Waals surface area contributed by atoms with Gasteiger partial charge in [0, 0.05) is 276 Å². The van der Waals surface area contributed by atoms with Crippen LogP contribution < -0.4 is 55.1 Å². The van der Waals surface area contributed by atoms with Crippen LogP contribution in [0, 0.1) is 55.4 Å². The number of carbonyl (C=O) groups excluding carboxylic acids is 4. The van der Waals surface area contributed by atoms with Crippen molar-refractivity contribution < 1.29 is 38.1 Å². The molecule has 25 nitrogen and oxygen atoms in total. The number of likely N-dealkylation sites (N-methyl/N-ethyl adjacent to an activating group) is 3. The molecule has 144 heavy (non-hydrogen) atoms. The van der Waals surface area contributed by atoms with Crippen LogP contribution in [-0.4, -0.2) is 213 Å². The number of benzene rings is 11. The molecule has 0 atom stereocenters. The van der Waals surface area contributed by atoms with Gasteiger partial charge in [-0.05, 0) is 303 Å². The van der Waals surface area contributed by atoms with Crippen LogP contribution in [0.1, 0.15) is 85.9 Å². The summed E-state index contributed by atoms with van der Waals surface area (Å²) in [7, 11) is 8.20. The molecule has 4 N–H and O–H groups in total. The normalized spacial score (nSPS) is 14.1. The van der Waals surface area contributed by atoms with Gasteiger partial charge in [-0.1, -0.05) is 84.4 Å². The number of amides is 4. The molecule has 4 amide bonds. The number of hydrogen-bond acceptors (Lipinski definition) is 17. The van der Waals surface area contributed by atoms with Gasteiger partial charge in [0.05, 0.1) is 6.61 Å². The van der Waals surface area contributed by atoms with Gasteiger partial charge in [-0.25, -0.2) is 0 Å². The summed E-state index contributed by atoms with van der Waals surface area (Å²) in [5, 5.41) is 14.5. The van der Waals surface area contributed by atoms with Gasteiger partial charge in [0.15, 0.2) is 0 Å². The van der Waals surface area contributed by atoms with Crippen molar-refractivity contribution in [3.05, 3.63) is 390 Å². The molecule has 0 radical (unpaired) electrons. The lowest BCUT2D eigenvalue weighted by Gasteiger charge is -2.36. The number of ether oxygens (including phenoxy) is 4. The third-order valence-electron chi connectivity index (χ3n) is 26.6. The van der Waals surface area contributed by atoms with E-state index in [4.69, 9.17) is 18.9 Å². The first-order chi connectivity index (χ1) is 69.8. The summed E-state index contributed by atoms with van der Waals surface area (Å²) < 4.78 is 32.1. The average molecular weight is 1930 g/mol. The number of fused-ring (bicyclic) bond motifs is 1. The van der Waals surface area contributed by atoms with Crippen molar-refractivity contribution >= 4 is 79.9 Å². The Balaban J connectivity index is 0.000000133. The highest BCUT2D eigenvalue weighted by Gasteiger charge is 2.26. The van der Waals surface area contributed by atoms with Crippen molar-refractivity contribution in [3.63, 3.8) is 0 Å². The van der Waals surface area contributed by atoms with Crippen LogP contribution in [0.15, 0.2) is 323 Å². The molecular formula is C119H129N17O8. The number of rotatable bonds is 25. The first-order valence-corrected chi connectivity index (χ1v) is 49.4. The second-order valence-electron chi connectivity index (χ2n) is 37.9. The van der Waals surface area contributed by atoms with Crippen LogP contribution in [0.5, 0.6) is 34.5 Å². The molecule has 0 unspecified atom stereocenters. The minimum atomic E-state index is -0.186. The Labute approximate surface area is 845 Å². The molecule has 4 aliphatic heterocycles. The molecular weight excluding hydrogens is 1800 g/mol. The van der Waals surface area contributed by atoms with E-state index in [1.54, 1.807) is 37.7 Å². The highest BCUT2D eigenvalue weighted by molar-refractivity contribution is 6.07. The van der Waals surface area contributed by atoms with Crippen molar-refractivity contribution in [2.45, 2.75) is 55.4 Å². The van der Waals surface area contributed by atoms with Gasteiger partial charge in [0.2, 0.25) is 0 Å². The van der Waals surface area contributed by atoms with Gasteiger partial charge in [0.1, 0.15) is 34.5 Å². The third kappa shape index (κ3) is 26.3. The summed E-state index contributed by atoms with van der Waals surface area (Å²) in [6, 6.07) is 84.9. The number of nitrogens with zero attached hydrogens (tertiary/aromatic N) is 13. The maximum Gasteiger partial charge on any atom is 0.255 e. The number of hydrogen-bond donors (Lipinski definition) is 4. The smallest absolute Gasteiger partial charge is 0.255 e. The summed E-state index contributed by atoms with van der Waals surface area (Å²) in [6.07, 6.45) is 20.2. The fraction of sp³-hybridized carbons (Fsp3) is 0.252. The molecule has 738 valence electrons. The number of anilines is 8. The lowest BCUT2D eigenvalue weighted by atomic mass is 10.1. The zero-order chi connectivity index (χ0) is 100. The van der Waals surface area contributed by atoms with E-state index in [0.29, 0.717) is 45.3 Å². The standard InChI is InChI=1S/C33H33N5O2.C32H36N4O3.C30H32N4O2.C24H28N4O/c1-23-10-12-38(22-23)29-19-27(18-28(20-29)37-15-13-36(3)14-16-37)35-33(39)26-8-7-24(2)32(17-26)40-31-6-4-5-25-9-11-34-21-30(25)31;1-24-11-12-36(23-24)29-21-27(20-28(22-29)35-15-13-34(14-16-35)17-18-38-3)33-32(37)26-10-9-25(2)31(19-26)39-30-7-5-4-6-8-30;1-22-11-12-34(21-22)27-19-25(18-26(20-27)33-15-13-32(3)14-16-33)31-30(35)24-10-9-23(2)29(17-24)36-28-7-5-4-6-8-28;1-18-4-6-20(7-5-18)24(29)25-21-14-22(27-12-10-26(3)11-13-27)16-23(15-21)28-9-8-19(2)17-28/h4-12,17-22H,13-16H2,1-3H3,(H,35,39);4-12,19-23H,13-18H2,1-3H3,(H,33,37);4-12,17-21H,13-16H2,1-3H3,(H,31,35);4-9,14-17H,10-13H2,1-3H3,(H,25,29). The molecule has 0 aliphatic carbocycles. The highest BCUT2D eigenvalue weighted by Crippen LogP contribution is 2.38. The molecule has 11 aromatic carbocycles. The van der Waals surface area contributed by atoms with Gasteiger partial charge in [-0.3, -0.25) is 29.1 Å². The van der Waals surface area contributed by atoms with Crippen LogP contribution in [0.3, 0.4) is 0 Å². The second kappa shape index (κ2) is 46.8. The quantitative estimate of drug-likeness (QED) is 0.0419.